The van der Waals surface area contributed by atoms with E-state index in [-0.39, 0.29) is 30.1 Å². The van der Waals surface area contributed by atoms with Gasteiger partial charge in [0.2, 0.25) is 0 Å². The smallest absolute Gasteiger partial charge is 0.190 e. The molecular formula is C21H33IN4O2. The summed E-state index contributed by atoms with van der Waals surface area (Å²) in [7, 11) is 1.78. The van der Waals surface area contributed by atoms with Crippen molar-refractivity contribution < 1.29 is 9.26 Å². The van der Waals surface area contributed by atoms with Gasteiger partial charge in [-0.05, 0) is 32.8 Å². The second-order valence-electron chi connectivity index (χ2n) is 6.80. The molecule has 0 saturated heterocycles. The number of rotatable bonds is 9. The molecule has 2 unspecified atom stereocenters. The zero-order valence-electron chi connectivity index (χ0n) is 17.5. The monoisotopic (exact) mass is 500 g/mol. The lowest BCUT2D eigenvalue weighted by molar-refractivity contribution is 0.0646. The van der Waals surface area contributed by atoms with Gasteiger partial charge in [0, 0.05) is 38.2 Å². The highest BCUT2D eigenvalue weighted by atomic mass is 127. The van der Waals surface area contributed by atoms with E-state index in [9.17, 15) is 0 Å². The fourth-order valence-electron chi connectivity index (χ4n) is 3.13. The lowest BCUT2D eigenvalue weighted by Crippen LogP contribution is -2.39. The second kappa shape index (κ2) is 12.8. The van der Waals surface area contributed by atoms with Gasteiger partial charge in [0.1, 0.15) is 5.76 Å². The summed E-state index contributed by atoms with van der Waals surface area (Å²) in [6, 6.07) is 10.3. The molecule has 6 nitrogen and oxygen atoms in total. The van der Waals surface area contributed by atoms with Gasteiger partial charge in [-0.15, -0.1) is 24.0 Å². The first-order chi connectivity index (χ1) is 13.0. The molecule has 1 aromatic heterocycles. The van der Waals surface area contributed by atoms with Gasteiger partial charge < -0.3 is 19.9 Å². The third-order valence-corrected chi connectivity index (χ3v) is 4.63. The van der Waals surface area contributed by atoms with Gasteiger partial charge in [0.15, 0.2) is 5.96 Å². The van der Waals surface area contributed by atoms with Crippen molar-refractivity contribution in [1.82, 2.24) is 15.8 Å². The van der Waals surface area contributed by atoms with Gasteiger partial charge >= 0.3 is 0 Å². The third-order valence-electron chi connectivity index (χ3n) is 4.63. The number of benzene rings is 1. The van der Waals surface area contributed by atoms with Gasteiger partial charge in [-0.25, -0.2) is 0 Å². The number of aliphatic imine (C=N–C) groups is 1. The van der Waals surface area contributed by atoms with Crippen LogP contribution in [0.5, 0.6) is 0 Å². The van der Waals surface area contributed by atoms with E-state index >= 15 is 0 Å². The lowest BCUT2D eigenvalue weighted by atomic mass is 10.00. The van der Waals surface area contributed by atoms with E-state index in [0.29, 0.717) is 12.5 Å². The number of aromatic nitrogens is 1. The molecule has 0 aliphatic rings. The van der Waals surface area contributed by atoms with Crippen LogP contribution < -0.4 is 10.6 Å². The fraction of sp³-hybridized carbons (Fsp3) is 0.524. The van der Waals surface area contributed by atoms with Crippen molar-refractivity contribution in [2.45, 2.75) is 46.1 Å². The molecular weight excluding hydrogens is 467 g/mol. The van der Waals surface area contributed by atoms with Gasteiger partial charge in [-0.3, -0.25) is 4.99 Å². The first kappa shape index (κ1) is 24.4. The molecule has 0 bridgehead atoms. The van der Waals surface area contributed by atoms with Crippen LogP contribution in [0.15, 0.2) is 39.8 Å². The Morgan fingerprint density at radius 1 is 1.18 bits per heavy atom. The second-order valence-corrected chi connectivity index (χ2v) is 6.80. The molecule has 2 N–H and O–H groups in total. The van der Waals surface area contributed by atoms with E-state index < -0.39 is 0 Å². The summed E-state index contributed by atoms with van der Waals surface area (Å²) in [6.07, 6.45) is 1.02. The molecule has 0 aliphatic heterocycles. The van der Waals surface area contributed by atoms with Crippen LogP contribution in [0.1, 0.15) is 54.9 Å². The molecule has 2 rings (SSSR count). The highest BCUT2D eigenvalue weighted by Crippen LogP contribution is 2.22. The summed E-state index contributed by atoms with van der Waals surface area (Å²) in [5.74, 6) is 1.98. The Bertz CT molecular complexity index is 699. The number of ether oxygens (including phenoxy) is 1. The standard InChI is InChI=1S/C21H32N4O2.HI/c1-15(20-16(2)25-27-18(20)4)14-24-21(22-5)23-12-9-13-26-17(3)19-10-7-6-8-11-19;/h6-8,10-11,15,17H,9,12-14H2,1-5H3,(H2,22,23,24);1H. The van der Waals surface area contributed by atoms with Crippen molar-refractivity contribution >= 4 is 29.9 Å². The summed E-state index contributed by atoms with van der Waals surface area (Å²) in [4.78, 5) is 4.28. The average molecular weight is 500 g/mol. The molecule has 0 radical (unpaired) electrons. The molecule has 2 aromatic rings. The molecule has 0 saturated carbocycles. The van der Waals surface area contributed by atoms with E-state index in [2.05, 4.69) is 46.8 Å². The molecule has 0 spiro atoms. The molecule has 7 heteroatoms. The number of aryl methyl sites for hydroxylation is 2. The number of guanidine groups is 1. The van der Waals surface area contributed by atoms with E-state index in [1.807, 2.05) is 32.0 Å². The lowest BCUT2D eigenvalue weighted by Gasteiger charge is -2.17. The van der Waals surface area contributed by atoms with E-state index in [1.54, 1.807) is 7.05 Å². The predicted molar refractivity (Wildman–Crippen MR) is 125 cm³/mol. The Morgan fingerprint density at radius 2 is 1.89 bits per heavy atom. The van der Waals surface area contributed by atoms with Crippen molar-refractivity contribution in [3.8, 4) is 0 Å². The van der Waals surface area contributed by atoms with Gasteiger partial charge in [-0.1, -0.05) is 42.4 Å². The van der Waals surface area contributed by atoms with Crippen LogP contribution in [0.3, 0.4) is 0 Å². The zero-order valence-corrected chi connectivity index (χ0v) is 19.8. The van der Waals surface area contributed by atoms with Crippen molar-refractivity contribution in [2.24, 2.45) is 4.99 Å². The minimum absolute atomic E-state index is 0. The Morgan fingerprint density at radius 3 is 2.50 bits per heavy atom. The number of hydrogen-bond donors (Lipinski definition) is 2. The van der Waals surface area contributed by atoms with E-state index in [1.165, 1.54) is 11.1 Å². The van der Waals surface area contributed by atoms with Crippen LogP contribution in [0, 0.1) is 13.8 Å². The minimum atomic E-state index is 0. The largest absolute Gasteiger partial charge is 0.374 e. The highest BCUT2D eigenvalue weighted by molar-refractivity contribution is 14.0. The Kier molecular flexibility index (Phi) is 11.1. The summed E-state index contributed by atoms with van der Waals surface area (Å²) in [5, 5.41) is 10.7. The molecule has 0 fully saturated rings. The van der Waals surface area contributed by atoms with Crippen LogP contribution in [-0.2, 0) is 4.74 Å². The topological polar surface area (TPSA) is 71.7 Å². The maximum absolute atomic E-state index is 5.90. The number of nitrogens with zero attached hydrogens (tertiary/aromatic N) is 2. The number of hydrogen-bond acceptors (Lipinski definition) is 4. The normalized spacial score (nSPS) is 13.5. The van der Waals surface area contributed by atoms with Crippen LogP contribution >= 0.6 is 24.0 Å². The SMILES string of the molecule is CN=C(NCCCOC(C)c1ccccc1)NCC(C)c1c(C)noc1C.I. The predicted octanol–water partition coefficient (Wildman–Crippen LogP) is 4.35. The number of nitrogens with one attached hydrogen (secondary N) is 2. The summed E-state index contributed by atoms with van der Waals surface area (Å²) >= 11 is 0. The van der Waals surface area contributed by atoms with Crippen LogP contribution in [0.2, 0.25) is 0 Å². The van der Waals surface area contributed by atoms with Crippen molar-refractivity contribution in [3.05, 3.63) is 52.9 Å². The summed E-state index contributed by atoms with van der Waals surface area (Å²) in [6.45, 7) is 10.5. The minimum Gasteiger partial charge on any atom is -0.374 e. The maximum atomic E-state index is 5.90. The van der Waals surface area contributed by atoms with Crippen molar-refractivity contribution in [3.63, 3.8) is 0 Å². The zero-order chi connectivity index (χ0) is 19.6. The van der Waals surface area contributed by atoms with Crippen LogP contribution in [0.4, 0.5) is 0 Å². The molecule has 1 heterocycles. The molecule has 1 aromatic carbocycles. The Labute approximate surface area is 185 Å². The average Bonchev–Trinajstić information content (AvgIpc) is 3.02. The highest BCUT2D eigenvalue weighted by Gasteiger charge is 2.16. The van der Waals surface area contributed by atoms with Gasteiger partial charge in [0.25, 0.3) is 0 Å². The van der Waals surface area contributed by atoms with E-state index in [4.69, 9.17) is 9.26 Å². The van der Waals surface area contributed by atoms with E-state index in [0.717, 1.165) is 36.9 Å². The van der Waals surface area contributed by atoms with Gasteiger partial charge in [0.05, 0.1) is 11.8 Å². The molecule has 0 amide bonds. The quantitative estimate of drug-likeness (QED) is 0.232. The number of halogens is 1. The third kappa shape index (κ3) is 7.43. The summed E-state index contributed by atoms with van der Waals surface area (Å²) in [5.41, 5.74) is 3.33. The van der Waals surface area contributed by atoms with Crippen molar-refractivity contribution in [1.29, 1.82) is 0 Å². The van der Waals surface area contributed by atoms with Crippen LogP contribution in [-0.4, -0.2) is 37.9 Å². The first-order valence-electron chi connectivity index (χ1n) is 9.56. The molecule has 28 heavy (non-hydrogen) atoms. The molecule has 2 atom stereocenters. The maximum Gasteiger partial charge on any atom is 0.190 e. The van der Waals surface area contributed by atoms with Crippen molar-refractivity contribution in [2.75, 3.05) is 26.7 Å². The Hall–Kier alpha value is -1.61. The molecule has 0 aliphatic carbocycles. The molecule has 156 valence electrons. The fourth-order valence-corrected chi connectivity index (χ4v) is 3.13. The first-order valence-corrected chi connectivity index (χ1v) is 9.56. The Balaban J connectivity index is 0.00000392. The van der Waals surface area contributed by atoms with Crippen LogP contribution in [0.25, 0.3) is 0 Å². The van der Waals surface area contributed by atoms with Gasteiger partial charge in [-0.2, -0.15) is 0 Å². The summed E-state index contributed by atoms with van der Waals surface area (Å²) < 4.78 is 11.2.